The Morgan fingerprint density at radius 3 is 2.22 bits per heavy atom. The average molecular weight is 246 g/mol. The second-order valence-electron chi connectivity index (χ2n) is 7.40. The van der Waals surface area contributed by atoms with Gasteiger partial charge in [0.2, 0.25) is 0 Å². The Morgan fingerprint density at radius 1 is 0.833 bits per heavy atom. The summed E-state index contributed by atoms with van der Waals surface area (Å²) in [5.74, 6) is 0. The van der Waals surface area contributed by atoms with Gasteiger partial charge in [-0.15, -0.1) is 0 Å². The molecule has 3 saturated carbocycles. The van der Waals surface area contributed by atoms with Crippen LogP contribution >= 0.6 is 0 Å². The molecule has 1 heteroatoms. The van der Waals surface area contributed by atoms with Crippen molar-refractivity contribution in [2.24, 2.45) is 10.8 Å². The monoisotopic (exact) mass is 246 g/mol. The summed E-state index contributed by atoms with van der Waals surface area (Å²) in [6.07, 6.45) is 18.1. The Kier molecular flexibility index (Phi) is 2.32. The molecule has 1 N–H and O–H groups in total. The van der Waals surface area contributed by atoms with Crippen LogP contribution in [0.25, 0.3) is 0 Å². The van der Waals surface area contributed by atoms with Crippen LogP contribution in [0.2, 0.25) is 0 Å². The van der Waals surface area contributed by atoms with Crippen LogP contribution in [0.15, 0.2) is 11.6 Å². The summed E-state index contributed by atoms with van der Waals surface area (Å²) < 4.78 is 0. The SMILES string of the molecule is O[C@@]1(C2=CCCC2)CC[C@]12CCCC21CCCC1. The van der Waals surface area contributed by atoms with Gasteiger partial charge >= 0.3 is 0 Å². The first-order valence-corrected chi connectivity index (χ1v) is 8.15. The minimum atomic E-state index is -0.385. The number of aliphatic hydroxyl groups is 1. The van der Waals surface area contributed by atoms with Crippen LogP contribution in [0.4, 0.5) is 0 Å². The van der Waals surface area contributed by atoms with Crippen molar-refractivity contribution in [3.63, 3.8) is 0 Å². The van der Waals surface area contributed by atoms with E-state index < -0.39 is 0 Å². The molecule has 0 radical (unpaired) electrons. The fourth-order valence-corrected chi connectivity index (χ4v) is 6.23. The van der Waals surface area contributed by atoms with E-state index in [9.17, 15) is 5.11 Å². The number of hydrogen-bond acceptors (Lipinski definition) is 1. The maximum absolute atomic E-state index is 11.4. The van der Waals surface area contributed by atoms with Crippen LogP contribution in [-0.2, 0) is 0 Å². The summed E-state index contributed by atoms with van der Waals surface area (Å²) in [7, 11) is 0. The van der Waals surface area contributed by atoms with Crippen LogP contribution in [0.3, 0.4) is 0 Å². The summed E-state index contributed by atoms with van der Waals surface area (Å²) >= 11 is 0. The molecule has 4 aliphatic carbocycles. The second-order valence-corrected chi connectivity index (χ2v) is 7.40. The molecule has 1 nitrogen and oxygen atoms in total. The fourth-order valence-electron chi connectivity index (χ4n) is 6.23. The minimum Gasteiger partial charge on any atom is -0.385 e. The van der Waals surface area contributed by atoms with Crippen LogP contribution in [0.1, 0.15) is 77.0 Å². The Hall–Kier alpha value is -0.300. The molecule has 0 saturated heterocycles. The van der Waals surface area contributed by atoms with E-state index in [1.54, 1.807) is 0 Å². The predicted molar refractivity (Wildman–Crippen MR) is 73.3 cm³/mol. The lowest BCUT2D eigenvalue weighted by Gasteiger charge is -2.63. The van der Waals surface area contributed by atoms with Crippen molar-refractivity contribution in [1.29, 1.82) is 0 Å². The Morgan fingerprint density at radius 2 is 1.61 bits per heavy atom. The first-order chi connectivity index (χ1) is 8.73. The van der Waals surface area contributed by atoms with Crippen molar-refractivity contribution in [3.05, 3.63) is 11.6 Å². The molecule has 0 aromatic heterocycles. The Bertz CT molecular complexity index is 385. The molecule has 18 heavy (non-hydrogen) atoms. The van der Waals surface area contributed by atoms with Crippen LogP contribution < -0.4 is 0 Å². The zero-order chi connectivity index (χ0) is 12.3. The molecule has 0 bridgehead atoms. The van der Waals surface area contributed by atoms with Gasteiger partial charge in [-0.05, 0) is 68.8 Å². The summed E-state index contributed by atoms with van der Waals surface area (Å²) in [6, 6.07) is 0. The third-order valence-electron chi connectivity index (χ3n) is 7.11. The number of allylic oxidation sites excluding steroid dienone is 1. The predicted octanol–water partition coefficient (Wildman–Crippen LogP) is 4.35. The minimum absolute atomic E-state index is 0.298. The molecule has 0 heterocycles. The highest BCUT2D eigenvalue weighted by Gasteiger charge is 2.70. The van der Waals surface area contributed by atoms with Crippen molar-refractivity contribution in [2.45, 2.75) is 82.7 Å². The Balaban J connectivity index is 1.74. The molecular formula is C17H26O. The van der Waals surface area contributed by atoms with E-state index in [0.717, 1.165) is 6.42 Å². The van der Waals surface area contributed by atoms with Gasteiger partial charge in [0, 0.05) is 5.41 Å². The van der Waals surface area contributed by atoms with Gasteiger partial charge in [-0.2, -0.15) is 0 Å². The number of rotatable bonds is 1. The maximum Gasteiger partial charge on any atom is 0.0918 e. The smallest absolute Gasteiger partial charge is 0.0918 e. The fraction of sp³-hybridized carbons (Fsp3) is 0.882. The largest absolute Gasteiger partial charge is 0.385 e. The van der Waals surface area contributed by atoms with Gasteiger partial charge in [0.1, 0.15) is 0 Å². The van der Waals surface area contributed by atoms with Gasteiger partial charge in [-0.3, -0.25) is 0 Å². The van der Waals surface area contributed by atoms with Crippen LogP contribution in [-0.4, -0.2) is 10.7 Å². The molecule has 0 aromatic rings. The molecule has 0 aliphatic heterocycles. The Labute approximate surface area is 111 Å². The molecule has 4 aliphatic rings. The van der Waals surface area contributed by atoms with Crippen molar-refractivity contribution >= 4 is 0 Å². The zero-order valence-corrected chi connectivity index (χ0v) is 11.5. The first kappa shape index (κ1) is 11.5. The number of fused-ring (bicyclic) bond motifs is 1. The number of hydrogen-bond donors (Lipinski definition) is 1. The topological polar surface area (TPSA) is 20.2 Å². The van der Waals surface area contributed by atoms with Gasteiger partial charge in [0.25, 0.3) is 0 Å². The maximum atomic E-state index is 11.4. The van der Waals surface area contributed by atoms with Crippen LogP contribution in [0.5, 0.6) is 0 Å². The summed E-state index contributed by atoms with van der Waals surface area (Å²) in [6.45, 7) is 0. The van der Waals surface area contributed by atoms with E-state index in [-0.39, 0.29) is 5.60 Å². The molecule has 100 valence electrons. The van der Waals surface area contributed by atoms with E-state index in [4.69, 9.17) is 0 Å². The van der Waals surface area contributed by atoms with Gasteiger partial charge in [0.05, 0.1) is 5.60 Å². The summed E-state index contributed by atoms with van der Waals surface area (Å²) in [5.41, 5.74) is 1.88. The molecule has 0 amide bonds. The van der Waals surface area contributed by atoms with Crippen molar-refractivity contribution in [3.8, 4) is 0 Å². The lowest BCUT2D eigenvalue weighted by atomic mass is 9.44. The highest BCUT2D eigenvalue weighted by atomic mass is 16.3. The molecule has 4 rings (SSSR count). The van der Waals surface area contributed by atoms with Crippen molar-refractivity contribution in [2.75, 3.05) is 0 Å². The molecule has 3 fully saturated rings. The first-order valence-electron chi connectivity index (χ1n) is 8.15. The highest BCUT2D eigenvalue weighted by molar-refractivity contribution is 5.34. The lowest BCUT2D eigenvalue weighted by molar-refractivity contribution is -0.193. The van der Waals surface area contributed by atoms with Crippen molar-refractivity contribution in [1.82, 2.24) is 0 Å². The van der Waals surface area contributed by atoms with Gasteiger partial charge < -0.3 is 5.11 Å². The second kappa shape index (κ2) is 3.62. The third kappa shape index (κ3) is 1.13. The van der Waals surface area contributed by atoms with Gasteiger partial charge in [0.15, 0.2) is 0 Å². The zero-order valence-electron chi connectivity index (χ0n) is 11.5. The van der Waals surface area contributed by atoms with Crippen molar-refractivity contribution < 1.29 is 5.11 Å². The lowest BCUT2D eigenvalue weighted by Crippen LogP contribution is -2.63. The quantitative estimate of drug-likeness (QED) is 0.682. The molecule has 0 unspecified atom stereocenters. The average Bonchev–Trinajstić information content (AvgIpc) is 3.08. The highest BCUT2D eigenvalue weighted by Crippen LogP contribution is 2.74. The van der Waals surface area contributed by atoms with E-state index in [2.05, 4.69) is 6.08 Å². The summed E-state index contributed by atoms with van der Waals surface area (Å²) in [5, 5.41) is 11.4. The van der Waals surface area contributed by atoms with Gasteiger partial charge in [-0.1, -0.05) is 25.3 Å². The van der Waals surface area contributed by atoms with E-state index in [0.29, 0.717) is 10.8 Å². The van der Waals surface area contributed by atoms with Crippen LogP contribution in [0, 0.1) is 10.8 Å². The normalized spacial score (nSPS) is 45.7. The van der Waals surface area contributed by atoms with E-state index >= 15 is 0 Å². The van der Waals surface area contributed by atoms with E-state index in [1.807, 2.05) is 0 Å². The molecular weight excluding hydrogens is 220 g/mol. The molecule has 0 aromatic carbocycles. The van der Waals surface area contributed by atoms with Gasteiger partial charge in [-0.25, -0.2) is 0 Å². The third-order valence-corrected chi connectivity index (χ3v) is 7.11. The summed E-state index contributed by atoms with van der Waals surface area (Å²) in [4.78, 5) is 0. The molecule has 2 spiro atoms. The van der Waals surface area contributed by atoms with E-state index in [1.165, 1.54) is 76.2 Å². The molecule has 2 atom stereocenters. The standard InChI is InChI=1S/C17H26O/c18-17(14-6-1-2-7-14)13-12-16(17)11-5-10-15(16)8-3-4-9-15/h6,18H,1-5,7-13H2/t16-,17+/m0/s1.